The zero-order chi connectivity index (χ0) is 19.7. The largest absolute Gasteiger partial charge is 0.436 e. The highest BCUT2D eigenvalue weighted by Gasteiger charge is 2.13. The van der Waals surface area contributed by atoms with Gasteiger partial charge in [0.25, 0.3) is 5.91 Å². The molecule has 6 heteroatoms. The number of carbonyl (C=O) groups is 1. The minimum absolute atomic E-state index is 0.202. The summed E-state index contributed by atoms with van der Waals surface area (Å²) in [4.78, 5) is 16.9. The van der Waals surface area contributed by atoms with E-state index in [9.17, 15) is 9.18 Å². The molecule has 0 aliphatic rings. The fourth-order valence-electron chi connectivity index (χ4n) is 2.88. The lowest BCUT2D eigenvalue weighted by atomic mass is 10.1. The van der Waals surface area contributed by atoms with Gasteiger partial charge in [-0.3, -0.25) is 4.79 Å². The van der Waals surface area contributed by atoms with Gasteiger partial charge in [0.05, 0.1) is 10.6 Å². The molecule has 28 heavy (non-hydrogen) atoms. The summed E-state index contributed by atoms with van der Waals surface area (Å²) in [7, 11) is 0. The van der Waals surface area contributed by atoms with Gasteiger partial charge in [-0.1, -0.05) is 30.7 Å². The molecule has 1 N–H and O–H groups in total. The van der Waals surface area contributed by atoms with Crippen molar-refractivity contribution in [3.63, 3.8) is 0 Å². The summed E-state index contributed by atoms with van der Waals surface area (Å²) in [6.07, 6.45) is 0.922. The molecule has 0 saturated heterocycles. The summed E-state index contributed by atoms with van der Waals surface area (Å²) >= 11 is 6.08. The van der Waals surface area contributed by atoms with Gasteiger partial charge in [-0.05, 0) is 60.5 Å². The van der Waals surface area contributed by atoms with E-state index in [1.807, 2.05) is 12.1 Å². The molecule has 140 valence electrons. The molecule has 0 spiro atoms. The van der Waals surface area contributed by atoms with Gasteiger partial charge in [0.15, 0.2) is 5.58 Å². The van der Waals surface area contributed by atoms with E-state index in [-0.39, 0.29) is 10.9 Å². The van der Waals surface area contributed by atoms with Gasteiger partial charge in [0, 0.05) is 11.3 Å². The number of halogens is 2. The van der Waals surface area contributed by atoms with Crippen molar-refractivity contribution in [2.24, 2.45) is 0 Å². The summed E-state index contributed by atoms with van der Waals surface area (Å²) in [6, 6.07) is 16.7. The number of rotatable bonds is 4. The maximum absolute atomic E-state index is 13.2. The first-order valence-corrected chi connectivity index (χ1v) is 9.17. The highest BCUT2D eigenvalue weighted by molar-refractivity contribution is 6.33. The first kappa shape index (κ1) is 18.2. The second-order valence-corrected chi connectivity index (χ2v) is 6.74. The molecule has 0 unspecified atom stereocenters. The van der Waals surface area contributed by atoms with Crippen LogP contribution in [0.2, 0.25) is 5.02 Å². The van der Waals surface area contributed by atoms with E-state index < -0.39 is 5.82 Å². The Balaban J connectivity index is 1.60. The Morgan fingerprint density at radius 3 is 2.61 bits per heavy atom. The molecule has 0 bridgehead atoms. The minimum Gasteiger partial charge on any atom is -0.436 e. The lowest BCUT2D eigenvalue weighted by Gasteiger charge is -2.05. The monoisotopic (exact) mass is 394 g/mol. The number of fused-ring (bicyclic) bond motifs is 1. The van der Waals surface area contributed by atoms with Crippen LogP contribution < -0.4 is 5.32 Å². The van der Waals surface area contributed by atoms with Crippen LogP contribution in [0.15, 0.2) is 65.1 Å². The Hall–Kier alpha value is -3.18. The third kappa shape index (κ3) is 3.62. The summed E-state index contributed by atoms with van der Waals surface area (Å²) in [6.45, 7) is 2.07. The van der Waals surface area contributed by atoms with Crippen LogP contribution in [-0.2, 0) is 6.42 Å². The Morgan fingerprint density at radius 1 is 1.11 bits per heavy atom. The van der Waals surface area contributed by atoms with E-state index in [1.54, 1.807) is 30.3 Å². The van der Waals surface area contributed by atoms with Crippen molar-refractivity contribution in [1.82, 2.24) is 4.98 Å². The average molecular weight is 395 g/mol. The molecule has 4 nitrogen and oxygen atoms in total. The van der Waals surface area contributed by atoms with E-state index in [2.05, 4.69) is 17.2 Å². The molecule has 1 aromatic heterocycles. The molecule has 0 aliphatic carbocycles. The van der Waals surface area contributed by atoms with Gasteiger partial charge < -0.3 is 9.73 Å². The zero-order valence-corrected chi connectivity index (χ0v) is 15.8. The van der Waals surface area contributed by atoms with E-state index in [4.69, 9.17) is 16.0 Å². The van der Waals surface area contributed by atoms with Crippen LogP contribution in [0.3, 0.4) is 0 Å². The average Bonchev–Trinajstić information content (AvgIpc) is 3.11. The number of aryl methyl sites for hydroxylation is 1. The van der Waals surface area contributed by atoms with Crippen LogP contribution in [-0.4, -0.2) is 10.9 Å². The van der Waals surface area contributed by atoms with E-state index in [1.165, 1.54) is 23.8 Å². The second kappa shape index (κ2) is 7.44. The normalized spacial score (nSPS) is 11.0. The van der Waals surface area contributed by atoms with Gasteiger partial charge in [-0.2, -0.15) is 0 Å². The molecule has 0 saturated carbocycles. The van der Waals surface area contributed by atoms with Crippen molar-refractivity contribution in [1.29, 1.82) is 0 Å². The third-order valence-electron chi connectivity index (χ3n) is 4.43. The van der Waals surface area contributed by atoms with Crippen LogP contribution in [0.5, 0.6) is 0 Å². The number of aromatic nitrogens is 1. The highest BCUT2D eigenvalue weighted by Crippen LogP contribution is 2.31. The molecule has 0 radical (unpaired) electrons. The van der Waals surface area contributed by atoms with Crippen LogP contribution in [0.1, 0.15) is 22.8 Å². The second-order valence-electron chi connectivity index (χ2n) is 6.33. The number of amides is 1. The van der Waals surface area contributed by atoms with Crippen molar-refractivity contribution in [2.45, 2.75) is 13.3 Å². The predicted molar refractivity (Wildman–Crippen MR) is 108 cm³/mol. The van der Waals surface area contributed by atoms with Gasteiger partial charge in [-0.25, -0.2) is 9.37 Å². The summed E-state index contributed by atoms with van der Waals surface area (Å²) in [5.74, 6) is -0.340. The lowest BCUT2D eigenvalue weighted by Crippen LogP contribution is -2.11. The first-order valence-electron chi connectivity index (χ1n) is 8.80. The fourth-order valence-corrected chi connectivity index (χ4v) is 3.13. The first-order chi connectivity index (χ1) is 13.5. The minimum atomic E-state index is -0.429. The molecular formula is C22H16ClFN2O2. The van der Waals surface area contributed by atoms with Crippen LogP contribution in [0.4, 0.5) is 10.1 Å². The third-order valence-corrected chi connectivity index (χ3v) is 4.74. The molecule has 0 fully saturated rings. The van der Waals surface area contributed by atoms with Crippen molar-refractivity contribution >= 4 is 34.3 Å². The predicted octanol–water partition coefficient (Wildman–Crippen LogP) is 6.10. The smallest absolute Gasteiger partial charge is 0.255 e. The summed E-state index contributed by atoms with van der Waals surface area (Å²) < 4.78 is 19.0. The molecule has 4 rings (SSSR count). The zero-order valence-electron chi connectivity index (χ0n) is 15.0. The maximum Gasteiger partial charge on any atom is 0.255 e. The number of hydrogen-bond acceptors (Lipinski definition) is 3. The van der Waals surface area contributed by atoms with Gasteiger partial charge in [-0.15, -0.1) is 0 Å². The van der Waals surface area contributed by atoms with Crippen LogP contribution in [0.25, 0.3) is 22.6 Å². The maximum atomic E-state index is 13.2. The summed E-state index contributed by atoms with van der Waals surface area (Å²) in [5.41, 5.74) is 3.96. The number of nitrogens with one attached hydrogen (secondary N) is 1. The van der Waals surface area contributed by atoms with E-state index in [0.29, 0.717) is 33.8 Å². The highest BCUT2D eigenvalue weighted by atomic mass is 35.5. The molecule has 0 aliphatic heterocycles. The van der Waals surface area contributed by atoms with Crippen molar-refractivity contribution < 1.29 is 13.6 Å². The number of carbonyl (C=O) groups excluding carboxylic acids is 1. The Kier molecular flexibility index (Phi) is 4.84. The molecule has 1 heterocycles. The van der Waals surface area contributed by atoms with E-state index in [0.717, 1.165) is 6.42 Å². The van der Waals surface area contributed by atoms with Gasteiger partial charge in [0.1, 0.15) is 11.3 Å². The molecule has 4 aromatic rings. The lowest BCUT2D eigenvalue weighted by molar-refractivity contribution is 0.102. The van der Waals surface area contributed by atoms with Crippen molar-refractivity contribution in [3.8, 4) is 11.5 Å². The number of nitrogens with zero attached hydrogens (tertiary/aromatic N) is 1. The number of oxazole rings is 1. The quantitative estimate of drug-likeness (QED) is 0.455. The van der Waals surface area contributed by atoms with Gasteiger partial charge >= 0.3 is 0 Å². The number of anilines is 1. The molecular weight excluding hydrogens is 379 g/mol. The molecule has 3 aromatic carbocycles. The van der Waals surface area contributed by atoms with Crippen LogP contribution >= 0.6 is 11.6 Å². The Morgan fingerprint density at radius 2 is 1.89 bits per heavy atom. The van der Waals surface area contributed by atoms with Gasteiger partial charge in [0.2, 0.25) is 5.89 Å². The molecule has 0 atom stereocenters. The summed E-state index contributed by atoms with van der Waals surface area (Å²) in [5, 5.41) is 3.08. The van der Waals surface area contributed by atoms with Crippen LogP contribution in [0, 0.1) is 5.82 Å². The topological polar surface area (TPSA) is 55.1 Å². The standard InChI is InChI=1S/C22H16ClFN2O2/c1-2-13-3-5-14(6-4-13)21(27)25-16-8-10-20-19(12-16)26-22(28-20)17-9-7-15(24)11-18(17)23/h3-12H,2H2,1H3,(H,25,27). The van der Waals surface area contributed by atoms with E-state index >= 15 is 0 Å². The number of hydrogen-bond donors (Lipinski definition) is 1. The van der Waals surface area contributed by atoms with Crippen molar-refractivity contribution in [3.05, 3.63) is 82.6 Å². The fraction of sp³-hybridized carbons (Fsp3) is 0.0909. The Labute approximate surface area is 166 Å². The Bertz CT molecular complexity index is 1170. The van der Waals surface area contributed by atoms with Crippen molar-refractivity contribution in [2.75, 3.05) is 5.32 Å². The SMILES string of the molecule is CCc1ccc(C(=O)Nc2ccc3oc(-c4ccc(F)cc4Cl)nc3c2)cc1. The number of benzene rings is 3. The molecule has 1 amide bonds.